The molecule has 1 saturated heterocycles. The minimum atomic E-state index is 0.147. The summed E-state index contributed by atoms with van der Waals surface area (Å²) in [4.78, 5) is 19.0. The van der Waals surface area contributed by atoms with Crippen LogP contribution in [0, 0.1) is 0 Å². The van der Waals surface area contributed by atoms with Gasteiger partial charge in [0.15, 0.2) is 5.82 Å². The highest BCUT2D eigenvalue weighted by molar-refractivity contribution is 5.77. The van der Waals surface area contributed by atoms with Crippen LogP contribution in [-0.4, -0.2) is 34.6 Å². The van der Waals surface area contributed by atoms with Crippen LogP contribution in [0.3, 0.4) is 0 Å². The van der Waals surface area contributed by atoms with Crippen molar-refractivity contribution >= 4 is 5.91 Å². The van der Waals surface area contributed by atoms with E-state index in [-0.39, 0.29) is 11.9 Å². The van der Waals surface area contributed by atoms with Crippen LogP contribution in [0.1, 0.15) is 55.9 Å². The lowest BCUT2D eigenvalue weighted by Crippen LogP contribution is -2.30. The number of amides is 1. The van der Waals surface area contributed by atoms with Crippen LogP contribution in [0.4, 0.5) is 0 Å². The van der Waals surface area contributed by atoms with Gasteiger partial charge in [-0.15, -0.1) is 0 Å². The first-order chi connectivity index (χ1) is 12.2. The molecule has 3 rings (SSSR count). The summed E-state index contributed by atoms with van der Waals surface area (Å²) in [6.07, 6.45) is 4.73. The zero-order valence-corrected chi connectivity index (χ0v) is 14.9. The number of methoxy groups -OCH3 is 1. The van der Waals surface area contributed by atoms with Crippen LogP contribution in [0.2, 0.25) is 0 Å². The van der Waals surface area contributed by atoms with Crippen LogP contribution in [0.15, 0.2) is 28.8 Å². The normalized spacial score (nSPS) is 17.0. The fourth-order valence-corrected chi connectivity index (χ4v) is 3.31. The Balaban J connectivity index is 1.59. The van der Waals surface area contributed by atoms with Crippen molar-refractivity contribution < 1.29 is 14.1 Å². The van der Waals surface area contributed by atoms with Crippen molar-refractivity contribution in [2.45, 2.75) is 51.5 Å². The van der Waals surface area contributed by atoms with Crippen molar-refractivity contribution in [3.05, 3.63) is 41.5 Å². The summed E-state index contributed by atoms with van der Waals surface area (Å²) in [5, 5.41) is 3.94. The zero-order valence-electron chi connectivity index (χ0n) is 14.9. The Kier molecular flexibility index (Phi) is 5.68. The van der Waals surface area contributed by atoms with Crippen molar-refractivity contribution in [2.24, 2.45) is 0 Å². The minimum Gasteiger partial charge on any atom is -0.497 e. The molecule has 134 valence electrons. The van der Waals surface area contributed by atoms with E-state index < -0.39 is 0 Å². The van der Waals surface area contributed by atoms with E-state index >= 15 is 0 Å². The van der Waals surface area contributed by atoms with E-state index in [1.54, 1.807) is 7.11 Å². The van der Waals surface area contributed by atoms with Crippen LogP contribution < -0.4 is 4.74 Å². The van der Waals surface area contributed by atoms with Crippen LogP contribution >= 0.6 is 0 Å². The predicted octanol–water partition coefficient (Wildman–Crippen LogP) is 3.33. The molecule has 6 nitrogen and oxygen atoms in total. The Morgan fingerprint density at radius 1 is 1.32 bits per heavy atom. The molecule has 1 aliphatic rings. The molecule has 0 bridgehead atoms. The van der Waals surface area contributed by atoms with Crippen molar-refractivity contribution in [3.63, 3.8) is 0 Å². The lowest BCUT2D eigenvalue weighted by molar-refractivity contribution is -0.132. The first-order valence-corrected chi connectivity index (χ1v) is 8.96. The molecule has 6 heteroatoms. The molecule has 0 saturated carbocycles. The second kappa shape index (κ2) is 8.14. The van der Waals surface area contributed by atoms with E-state index in [9.17, 15) is 4.79 Å². The highest BCUT2D eigenvalue weighted by atomic mass is 16.5. The summed E-state index contributed by atoms with van der Waals surface area (Å²) in [6.45, 7) is 2.88. The number of hydrogen-bond donors (Lipinski definition) is 0. The van der Waals surface area contributed by atoms with Gasteiger partial charge in [0.1, 0.15) is 5.75 Å². The third-order valence-electron chi connectivity index (χ3n) is 4.61. The molecule has 1 aliphatic heterocycles. The summed E-state index contributed by atoms with van der Waals surface area (Å²) in [5.74, 6) is 2.26. The van der Waals surface area contributed by atoms with Gasteiger partial charge in [0.05, 0.1) is 13.2 Å². The lowest BCUT2D eigenvalue weighted by atomic mass is 10.0. The van der Waals surface area contributed by atoms with E-state index in [0.29, 0.717) is 18.7 Å². The number of rotatable bonds is 7. The van der Waals surface area contributed by atoms with E-state index in [1.165, 1.54) is 0 Å². The Morgan fingerprint density at radius 2 is 2.12 bits per heavy atom. The molecule has 2 heterocycles. The summed E-state index contributed by atoms with van der Waals surface area (Å²) >= 11 is 0. The number of carbonyl (C=O) groups is 1. The number of aryl methyl sites for hydroxylation is 2. The largest absolute Gasteiger partial charge is 0.497 e. The monoisotopic (exact) mass is 343 g/mol. The molecule has 2 aromatic rings. The molecular weight excluding hydrogens is 318 g/mol. The van der Waals surface area contributed by atoms with Crippen molar-refractivity contribution in [3.8, 4) is 5.75 Å². The molecule has 1 aromatic heterocycles. The topological polar surface area (TPSA) is 68.5 Å². The average molecular weight is 343 g/mol. The Labute approximate surface area is 148 Å². The number of aromatic nitrogens is 2. The summed E-state index contributed by atoms with van der Waals surface area (Å²) in [7, 11) is 1.66. The fourth-order valence-electron chi connectivity index (χ4n) is 3.31. The van der Waals surface area contributed by atoms with Gasteiger partial charge >= 0.3 is 0 Å². The maximum absolute atomic E-state index is 12.7. The van der Waals surface area contributed by atoms with E-state index in [4.69, 9.17) is 9.26 Å². The Hall–Kier alpha value is -2.37. The van der Waals surface area contributed by atoms with Crippen LogP contribution in [-0.2, 0) is 17.6 Å². The van der Waals surface area contributed by atoms with E-state index in [0.717, 1.165) is 49.4 Å². The van der Waals surface area contributed by atoms with Crippen molar-refractivity contribution in [1.82, 2.24) is 15.0 Å². The standard InChI is InChI=1S/C19H25N3O3/c1-3-5-17-20-18(25-21-17)11-12-19(23)22-13-4-6-16(22)14-7-9-15(24-2)10-8-14/h7-10,16H,3-6,11-13H2,1-2H3/t16-/m1/s1. The van der Waals surface area contributed by atoms with Gasteiger partial charge in [0.25, 0.3) is 0 Å². The first kappa shape index (κ1) is 17.5. The van der Waals surface area contributed by atoms with Gasteiger partial charge in [-0.2, -0.15) is 4.98 Å². The summed E-state index contributed by atoms with van der Waals surface area (Å²) in [6, 6.07) is 8.14. The quantitative estimate of drug-likeness (QED) is 0.771. The minimum absolute atomic E-state index is 0.147. The number of carbonyl (C=O) groups excluding carboxylic acids is 1. The molecule has 1 aromatic carbocycles. The summed E-state index contributed by atoms with van der Waals surface area (Å²) in [5.41, 5.74) is 1.16. The SMILES string of the molecule is CCCc1noc(CCC(=O)N2CCC[C@@H]2c2ccc(OC)cc2)n1. The maximum atomic E-state index is 12.7. The number of likely N-dealkylation sites (tertiary alicyclic amines) is 1. The zero-order chi connectivity index (χ0) is 17.6. The molecule has 1 fully saturated rings. The van der Waals surface area contributed by atoms with Crippen molar-refractivity contribution in [2.75, 3.05) is 13.7 Å². The van der Waals surface area contributed by atoms with Gasteiger partial charge in [0.2, 0.25) is 11.8 Å². The van der Waals surface area contributed by atoms with Gasteiger partial charge < -0.3 is 14.2 Å². The molecule has 0 unspecified atom stereocenters. The number of nitrogens with zero attached hydrogens (tertiary/aromatic N) is 3. The van der Waals surface area contributed by atoms with Crippen molar-refractivity contribution in [1.29, 1.82) is 0 Å². The third-order valence-corrected chi connectivity index (χ3v) is 4.61. The highest BCUT2D eigenvalue weighted by Gasteiger charge is 2.29. The number of hydrogen-bond acceptors (Lipinski definition) is 5. The van der Waals surface area contributed by atoms with Gasteiger partial charge in [-0.05, 0) is 37.0 Å². The smallest absolute Gasteiger partial charge is 0.227 e. The molecule has 25 heavy (non-hydrogen) atoms. The lowest BCUT2D eigenvalue weighted by Gasteiger charge is -2.25. The van der Waals surface area contributed by atoms with Gasteiger partial charge in [-0.1, -0.05) is 24.2 Å². The molecule has 0 radical (unpaired) electrons. The summed E-state index contributed by atoms with van der Waals surface area (Å²) < 4.78 is 10.4. The molecule has 0 spiro atoms. The molecular formula is C19H25N3O3. The maximum Gasteiger partial charge on any atom is 0.227 e. The molecule has 0 N–H and O–H groups in total. The molecule has 0 aliphatic carbocycles. The first-order valence-electron chi connectivity index (χ1n) is 8.96. The Bertz CT molecular complexity index is 696. The van der Waals surface area contributed by atoms with E-state index in [2.05, 4.69) is 17.1 Å². The second-order valence-electron chi connectivity index (χ2n) is 6.37. The van der Waals surface area contributed by atoms with Gasteiger partial charge in [-0.25, -0.2) is 0 Å². The molecule has 1 amide bonds. The van der Waals surface area contributed by atoms with Crippen LogP contribution in [0.25, 0.3) is 0 Å². The average Bonchev–Trinajstić information content (AvgIpc) is 3.29. The highest BCUT2D eigenvalue weighted by Crippen LogP contribution is 2.33. The fraction of sp³-hybridized carbons (Fsp3) is 0.526. The Morgan fingerprint density at radius 3 is 2.84 bits per heavy atom. The third kappa shape index (κ3) is 4.18. The van der Waals surface area contributed by atoms with E-state index in [1.807, 2.05) is 29.2 Å². The van der Waals surface area contributed by atoms with Gasteiger partial charge in [-0.3, -0.25) is 4.79 Å². The second-order valence-corrected chi connectivity index (χ2v) is 6.37. The van der Waals surface area contributed by atoms with Crippen LogP contribution in [0.5, 0.6) is 5.75 Å². The molecule has 1 atom stereocenters. The predicted molar refractivity (Wildman–Crippen MR) is 93.3 cm³/mol. The van der Waals surface area contributed by atoms with Gasteiger partial charge in [0, 0.05) is 25.8 Å². The number of benzene rings is 1. The number of ether oxygens (including phenoxy) is 1.